The molecule has 2 nitrogen and oxygen atoms in total. The first kappa shape index (κ1) is 14.6. The summed E-state index contributed by atoms with van der Waals surface area (Å²) in [6, 6.07) is 11.8. The number of benzene rings is 1. The van der Waals surface area contributed by atoms with Gasteiger partial charge in [0.05, 0.1) is 10.6 Å². The van der Waals surface area contributed by atoms with Crippen molar-refractivity contribution in [3.63, 3.8) is 0 Å². The van der Waals surface area contributed by atoms with Crippen molar-refractivity contribution in [2.75, 3.05) is 11.2 Å². The van der Waals surface area contributed by atoms with Gasteiger partial charge >= 0.3 is 0 Å². The van der Waals surface area contributed by atoms with E-state index in [1.807, 2.05) is 37.3 Å². The molecule has 0 saturated heterocycles. The van der Waals surface area contributed by atoms with Crippen LogP contribution in [0.1, 0.15) is 12.5 Å². The minimum absolute atomic E-state index is 0.408. The molecular weight excluding hydrogens is 347 g/mol. The predicted octanol–water partition coefficient (Wildman–Crippen LogP) is 5.06. The van der Waals surface area contributed by atoms with Gasteiger partial charge in [0.15, 0.2) is 0 Å². The second kappa shape index (κ2) is 6.12. The summed E-state index contributed by atoms with van der Waals surface area (Å²) in [5.74, 6) is 1.03. The van der Waals surface area contributed by atoms with E-state index in [4.69, 9.17) is 23.2 Å². The van der Waals surface area contributed by atoms with Gasteiger partial charge in [0.1, 0.15) is 5.82 Å². The molecule has 1 atom stereocenters. The monoisotopic (exact) mass is 358 g/mol. The first-order valence-electron chi connectivity index (χ1n) is 5.76. The zero-order valence-electron chi connectivity index (χ0n) is 10.3. The molecule has 0 radical (unpaired) electrons. The van der Waals surface area contributed by atoms with Crippen molar-refractivity contribution in [3.8, 4) is 0 Å². The Bertz CT molecular complexity index is 563. The summed E-state index contributed by atoms with van der Waals surface area (Å²) in [4.78, 5) is 4.29. The minimum atomic E-state index is -0.423. The van der Waals surface area contributed by atoms with Crippen molar-refractivity contribution >= 4 is 44.9 Å². The molecule has 0 aliphatic carbocycles. The Morgan fingerprint density at radius 2 is 2.00 bits per heavy atom. The van der Waals surface area contributed by atoms with Crippen LogP contribution >= 0.6 is 39.1 Å². The van der Waals surface area contributed by atoms with Crippen molar-refractivity contribution in [2.24, 2.45) is 0 Å². The third-order valence-corrected chi connectivity index (χ3v) is 4.14. The summed E-state index contributed by atoms with van der Waals surface area (Å²) in [6.07, 6.45) is 1.70. The van der Waals surface area contributed by atoms with E-state index >= 15 is 0 Å². The van der Waals surface area contributed by atoms with E-state index in [1.54, 1.807) is 12.3 Å². The van der Waals surface area contributed by atoms with Crippen LogP contribution in [0.25, 0.3) is 0 Å². The largest absolute Gasteiger partial charge is 0.358 e. The van der Waals surface area contributed by atoms with Gasteiger partial charge in [-0.15, -0.1) is 11.6 Å². The number of halogens is 3. The molecule has 1 aromatic heterocycles. The average Bonchev–Trinajstić information content (AvgIpc) is 2.43. The molecule has 0 spiro atoms. The molecule has 0 bridgehead atoms. The Kier molecular flexibility index (Phi) is 4.71. The normalized spacial score (nSPS) is 13.9. The zero-order valence-corrected chi connectivity index (χ0v) is 13.4. The highest BCUT2D eigenvalue weighted by Crippen LogP contribution is 2.31. The highest BCUT2D eigenvalue weighted by atomic mass is 79.9. The average molecular weight is 360 g/mol. The van der Waals surface area contributed by atoms with E-state index in [0.29, 0.717) is 16.7 Å². The van der Waals surface area contributed by atoms with Crippen LogP contribution in [-0.4, -0.2) is 10.9 Å². The van der Waals surface area contributed by atoms with E-state index in [0.717, 1.165) is 10.0 Å². The number of nitrogens with zero attached hydrogens (tertiary/aromatic N) is 1. The number of aromatic nitrogens is 1. The Hall–Kier alpha value is -0.770. The summed E-state index contributed by atoms with van der Waals surface area (Å²) in [5.41, 5.74) is 0.665. The molecular formula is C14H13BrCl2N2. The SMILES string of the molecule is CC(CCl)(Nc1ncc(Br)cc1Cl)c1ccccc1. The second-order valence-electron chi connectivity index (χ2n) is 4.44. The number of rotatable bonds is 4. The Labute approximate surface area is 131 Å². The predicted molar refractivity (Wildman–Crippen MR) is 85.1 cm³/mol. The molecule has 0 aliphatic heterocycles. The van der Waals surface area contributed by atoms with E-state index in [-0.39, 0.29) is 0 Å². The topological polar surface area (TPSA) is 24.9 Å². The fourth-order valence-electron chi connectivity index (χ4n) is 1.76. The van der Waals surface area contributed by atoms with Crippen molar-refractivity contribution < 1.29 is 0 Å². The number of nitrogens with one attached hydrogen (secondary N) is 1. The van der Waals surface area contributed by atoms with Crippen LogP contribution in [0.4, 0.5) is 5.82 Å². The first-order chi connectivity index (χ1) is 9.05. The van der Waals surface area contributed by atoms with E-state index in [2.05, 4.69) is 26.2 Å². The maximum absolute atomic E-state index is 6.18. The Morgan fingerprint density at radius 3 is 2.58 bits per heavy atom. The van der Waals surface area contributed by atoms with Crippen LogP contribution in [0.3, 0.4) is 0 Å². The minimum Gasteiger partial charge on any atom is -0.358 e. The van der Waals surface area contributed by atoms with Crippen molar-refractivity contribution in [2.45, 2.75) is 12.5 Å². The van der Waals surface area contributed by atoms with Gasteiger partial charge in [0.25, 0.3) is 0 Å². The smallest absolute Gasteiger partial charge is 0.145 e. The summed E-state index contributed by atoms with van der Waals surface area (Å²) < 4.78 is 0.843. The molecule has 0 fully saturated rings. The molecule has 0 saturated carbocycles. The van der Waals surface area contributed by atoms with Crippen LogP contribution < -0.4 is 5.32 Å². The van der Waals surface area contributed by atoms with Crippen LogP contribution in [0.2, 0.25) is 5.02 Å². The lowest BCUT2D eigenvalue weighted by Crippen LogP contribution is -2.34. The van der Waals surface area contributed by atoms with E-state index in [9.17, 15) is 0 Å². The number of anilines is 1. The van der Waals surface area contributed by atoms with Gasteiger partial charge in [-0.25, -0.2) is 4.98 Å². The lowest BCUT2D eigenvalue weighted by molar-refractivity contribution is 0.614. The summed E-state index contributed by atoms with van der Waals surface area (Å²) in [6.45, 7) is 2.02. The Balaban J connectivity index is 2.33. The number of pyridine rings is 1. The lowest BCUT2D eigenvalue weighted by Gasteiger charge is -2.30. The number of hydrogen-bond donors (Lipinski definition) is 1. The first-order valence-corrected chi connectivity index (χ1v) is 7.46. The van der Waals surface area contributed by atoms with Crippen LogP contribution in [0.15, 0.2) is 47.1 Å². The highest BCUT2D eigenvalue weighted by Gasteiger charge is 2.26. The molecule has 1 heterocycles. The number of alkyl halides is 1. The van der Waals surface area contributed by atoms with E-state index < -0.39 is 5.54 Å². The van der Waals surface area contributed by atoms with Crippen LogP contribution in [0.5, 0.6) is 0 Å². The lowest BCUT2D eigenvalue weighted by atomic mass is 9.94. The third kappa shape index (κ3) is 3.41. The van der Waals surface area contributed by atoms with Crippen LogP contribution in [-0.2, 0) is 5.54 Å². The molecule has 2 rings (SSSR count). The molecule has 0 aliphatic rings. The quantitative estimate of drug-likeness (QED) is 0.771. The molecule has 100 valence electrons. The standard InChI is InChI=1S/C14H13BrCl2N2/c1-14(9-16,10-5-3-2-4-6-10)19-13-12(17)7-11(15)8-18-13/h2-8H,9H2,1H3,(H,18,19). The third-order valence-electron chi connectivity index (χ3n) is 2.88. The summed E-state index contributed by atoms with van der Waals surface area (Å²) >= 11 is 15.7. The Morgan fingerprint density at radius 1 is 1.32 bits per heavy atom. The molecule has 1 unspecified atom stereocenters. The maximum Gasteiger partial charge on any atom is 0.145 e. The molecule has 0 amide bonds. The van der Waals surface area contributed by atoms with Gasteiger partial charge in [-0.2, -0.15) is 0 Å². The van der Waals surface area contributed by atoms with Crippen LogP contribution in [0, 0.1) is 0 Å². The summed E-state index contributed by atoms with van der Waals surface area (Å²) in [5, 5.41) is 3.88. The zero-order chi connectivity index (χ0) is 13.9. The fourth-order valence-corrected chi connectivity index (χ4v) is 2.65. The summed E-state index contributed by atoms with van der Waals surface area (Å²) in [7, 11) is 0. The second-order valence-corrected chi connectivity index (χ2v) is 6.03. The van der Waals surface area contributed by atoms with Gasteiger partial charge in [-0.05, 0) is 34.5 Å². The van der Waals surface area contributed by atoms with Gasteiger partial charge < -0.3 is 5.32 Å². The fraction of sp³-hybridized carbons (Fsp3) is 0.214. The molecule has 19 heavy (non-hydrogen) atoms. The molecule has 1 aromatic carbocycles. The highest BCUT2D eigenvalue weighted by molar-refractivity contribution is 9.10. The van der Waals surface area contributed by atoms with Gasteiger partial charge in [0, 0.05) is 16.5 Å². The number of hydrogen-bond acceptors (Lipinski definition) is 2. The van der Waals surface area contributed by atoms with E-state index in [1.165, 1.54) is 0 Å². The van der Waals surface area contributed by atoms with Gasteiger partial charge in [-0.1, -0.05) is 41.9 Å². The molecule has 2 aromatic rings. The van der Waals surface area contributed by atoms with Gasteiger partial charge in [-0.3, -0.25) is 0 Å². The van der Waals surface area contributed by atoms with Crippen molar-refractivity contribution in [1.29, 1.82) is 0 Å². The van der Waals surface area contributed by atoms with Crippen molar-refractivity contribution in [3.05, 3.63) is 57.7 Å². The molecule has 1 N–H and O–H groups in total. The molecule has 5 heteroatoms. The maximum atomic E-state index is 6.18. The van der Waals surface area contributed by atoms with Crippen molar-refractivity contribution in [1.82, 2.24) is 4.98 Å². The van der Waals surface area contributed by atoms with Gasteiger partial charge in [0.2, 0.25) is 0 Å².